The molecule has 0 spiro atoms. The number of aromatic nitrogens is 2. The molecule has 2 heterocycles. The van der Waals surface area contributed by atoms with Gasteiger partial charge in [-0.1, -0.05) is 44.9 Å². The molecule has 1 aliphatic rings. The molecular formula is C27H33N3O3. The number of ether oxygens (including phenoxy) is 1. The van der Waals surface area contributed by atoms with Gasteiger partial charge in [0.2, 0.25) is 0 Å². The highest BCUT2D eigenvalue weighted by molar-refractivity contribution is 6.00. The zero-order valence-electron chi connectivity index (χ0n) is 19.9. The summed E-state index contributed by atoms with van der Waals surface area (Å²) in [4.78, 5) is 15.3. The van der Waals surface area contributed by atoms with Crippen molar-refractivity contribution in [2.75, 3.05) is 13.2 Å². The molecule has 2 aromatic carbocycles. The number of nitrogens with one attached hydrogen (secondary N) is 1. The minimum Gasteiger partial charge on any atom is -0.507 e. The van der Waals surface area contributed by atoms with E-state index in [9.17, 15) is 9.90 Å². The fourth-order valence-corrected chi connectivity index (χ4v) is 4.65. The van der Waals surface area contributed by atoms with Crippen LogP contribution in [0.1, 0.15) is 78.3 Å². The second-order valence-electron chi connectivity index (χ2n) is 8.87. The summed E-state index contributed by atoms with van der Waals surface area (Å²) in [5, 5.41) is 18.3. The molecule has 2 N–H and O–H groups in total. The fourth-order valence-electron chi connectivity index (χ4n) is 4.65. The highest BCUT2D eigenvalue weighted by atomic mass is 16.5. The van der Waals surface area contributed by atoms with Gasteiger partial charge in [0.05, 0.1) is 12.6 Å². The summed E-state index contributed by atoms with van der Waals surface area (Å²) in [6.45, 7) is 9.50. The number of phenolic OH excluding ortho intramolecular Hbond substituents is 1. The fraction of sp³-hybridized carbons (Fsp3) is 0.407. The quantitative estimate of drug-likeness (QED) is 0.399. The van der Waals surface area contributed by atoms with Crippen molar-refractivity contribution in [1.29, 1.82) is 0 Å². The van der Waals surface area contributed by atoms with Crippen molar-refractivity contribution in [1.82, 2.24) is 15.1 Å². The summed E-state index contributed by atoms with van der Waals surface area (Å²) >= 11 is 0. The Morgan fingerprint density at radius 3 is 2.64 bits per heavy atom. The summed E-state index contributed by atoms with van der Waals surface area (Å²) in [5.41, 5.74) is 5.52. The van der Waals surface area contributed by atoms with Gasteiger partial charge in [-0.15, -0.1) is 0 Å². The van der Waals surface area contributed by atoms with Crippen molar-refractivity contribution in [3.8, 4) is 22.8 Å². The van der Waals surface area contributed by atoms with Crippen LogP contribution in [0.15, 0.2) is 36.4 Å². The van der Waals surface area contributed by atoms with Gasteiger partial charge in [0, 0.05) is 17.7 Å². The van der Waals surface area contributed by atoms with Crippen molar-refractivity contribution in [2.24, 2.45) is 0 Å². The van der Waals surface area contributed by atoms with E-state index in [0.29, 0.717) is 30.1 Å². The van der Waals surface area contributed by atoms with E-state index < -0.39 is 0 Å². The van der Waals surface area contributed by atoms with E-state index in [4.69, 9.17) is 4.74 Å². The molecule has 0 radical (unpaired) electrons. The number of rotatable bonds is 9. The molecule has 1 atom stereocenters. The Balaban J connectivity index is 1.83. The Bertz CT molecular complexity index is 1130. The van der Waals surface area contributed by atoms with Crippen molar-refractivity contribution < 1.29 is 14.6 Å². The summed E-state index contributed by atoms with van der Waals surface area (Å²) < 4.78 is 5.96. The van der Waals surface area contributed by atoms with Crippen LogP contribution in [0.2, 0.25) is 0 Å². The summed E-state index contributed by atoms with van der Waals surface area (Å²) in [5.74, 6) is 0.928. The standard InChI is InChI=1S/C27H33N3O3/c1-5-7-12-30-26(19-10-9-11-20(16-19)33-13-8-6-2)23-24(28-29-25(23)27(30)32)22-18(4)14-17(3)15-21(22)31/h9-11,14-16,26,31H,5-8,12-13H2,1-4H3,(H,28,29). The first-order valence-electron chi connectivity index (χ1n) is 11.9. The van der Waals surface area contributed by atoms with Crippen LogP contribution in [0.25, 0.3) is 11.3 Å². The van der Waals surface area contributed by atoms with Crippen LogP contribution in [0.5, 0.6) is 11.5 Å². The van der Waals surface area contributed by atoms with E-state index in [1.165, 1.54) is 0 Å². The summed E-state index contributed by atoms with van der Waals surface area (Å²) in [7, 11) is 0. The lowest BCUT2D eigenvalue weighted by Gasteiger charge is -2.27. The number of carbonyl (C=O) groups is 1. The number of hydrogen-bond donors (Lipinski definition) is 2. The zero-order chi connectivity index (χ0) is 23.5. The van der Waals surface area contributed by atoms with Gasteiger partial charge in [-0.3, -0.25) is 9.89 Å². The number of nitrogens with zero attached hydrogens (tertiary/aromatic N) is 2. The number of phenols is 1. The largest absolute Gasteiger partial charge is 0.507 e. The molecule has 6 nitrogen and oxygen atoms in total. The monoisotopic (exact) mass is 447 g/mol. The van der Waals surface area contributed by atoms with Gasteiger partial charge in [0.1, 0.15) is 22.9 Å². The molecule has 1 aliphatic heterocycles. The third-order valence-electron chi connectivity index (χ3n) is 6.25. The van der Waals surface area contributed by atoms with Gasteiger partial charge in [-0.25, -0.2) is 0 Å². The summed E-state index contributed by atoms with van der Waals surface area (Å²) in [6.07, 6.45) is 3.98. The molecule has 0 bridgehead atoms. The zero-order valence-corrected chi connectivity index (χ0v) is 19.9. The van der Waals surface area contributed by atoms with Gasteiger partial charge in [0.25, 0.3) is 5.91 Å². The Kier molecular flexibility index (Phi) is 6.72. The topological polar surface area (TPSA) is 78.5 Å². The van der Waals surface area contributed by atoms with Crippen LogP contribution in [0.3, 0.4) is 0 Å². The van der Waals surface area contributed by atoms with E-state index in [0.717, 1.165) is 53.7 Å². The Hall–Kier alpha value is -3.28. The van der Waals surface area contributed by atoms with E-state index in [-0.39, 0.29) is 17.7 Å². The second kappa shape index (κ2) is 9.69. The minimum absolute atomic E-state index is 0.0521. The minimum atomic E-state index is -0.289. The Morgan fingerprint density at radius 2 is 1.91 bits per heavy atom. The van der Waals surface area contributed by atoms with E-state index >= 15 is 0 Å². The van der Waals surface area contributed by atoms with Gasteiger partial charge in [-0.2, -0.15) is 5.10 Å². The van der Waals surface area contributed by atoms with Crippen molar-refractivity contribution >= 4 is 5.91 Å². The molecule has 0 saturated carbocycles. The van der Waals surface area contributed by atoms with Crippen molar-refractivity contribution in [2.45, 2.75) is 59.4 Å². The second-order valence-corrected chi connectivity index (χ2v) is 8.87. The van der Waals surface area contributed by atoms with E-state index in [2.05, 4.69) is 24.0 Å². The number of aromatic hydroxyl groups is 1. The molecular weight excluding hydrogens is 414 g/mol. The molecule has 0 aliphatic carbocycles. The molecule has 33 heavy (non-hydrogen) atoms. The van der Waals surface area contributed by atoms with Gasteiger partial charge >= 0.3 is 0 Å². The van der Waals surface area contributed by atoms with Crippen molar-refractivity contribution in [3.63, 3.8) is 0 Å². The maximum absolute atomic E-state index is 13.4. The van der Waals surface area contributed by atoms with Gasteiger partial charge in [-0.05, 0) is 61.6 Å². The van der Waals surface area contributed by atoms with Crippen LogP contribution in [-0.2, 0) is 0 Å². The molecule has 0 saturated heterocycles. The van der Waals surface area contributed by atoms with Gasteiger partial charge < -0.3 is 14.7 Å². The molecule has 4 rings (SSSR count). The predicted octanol–water partition coefficient (Wildman–Crippen LogP) is 5.92. The lowest BCUT2D eigenvalue weighted by Crippen LogP contribution is -2.30. The first-order valence-corrected chi connectivity index (χ1v) is 11.9. The van der Waals surface area contributed by atoms with Crippen LogP contribution in [0.4, 0.5) is 0 Å². The first-order chi connectivity index (χ1) is 16.0. The third kappa shape index (κ3) is 4.34. The molecule has 1 amide bonds. The molecule has 1 unspecified atom stereocenters. The molecule has 6 heteroatoms. The number of aryl methyl sites for hydroxylation is 2. The molecule has 0 fully saturated rings. The maximum Gasteiger partial charge on any atom is 0.273 e. The number of amides is 1. The maximum atomic E-state index is 13.4. The van der Waals surface area contributed by atoms with Gasteiger partial charge in [0.15, 0.2) is 0 Å². The number of unbranched alkanes of at least 4 members (excludes halogenated alkanes) is 2. The molecule has 1 aromatic heterocycles. The van der Waals surface area contributed by atoms with Crippen LogP contribution < -0.4 is 4.74 Å². The first kappa shape index (κ1) is 22.9. The summed E-state index contributed by atoms with van der Waals surface area (Å²) in [6, 6.07) is 11.5. The molecule has 3 aromatic rings. The third-order valence-corrected chi connectivity index (χ3v) is 6.25. The average molecular weight is 448 g/mol. The SMILES string of the molecule is CCCCOc1cccc(C2c3c(-c4c(C)cc(C)cc4O)n[nH]c3C(=O)N2CCCC)c1. The van der Waals surface area contributed by atoms with Crippen molar-refractivity contribution in [3.05, 3.63) is 64.3 Å². The Labute approximate surface area is 195 Å². The van der Waals surface area contributed by atoms with Crippen LogP contribution in [-0.4, -0.2) is 39.3 Å². The number of benzene rings is 2. The lowest BCUT2D eigenvalue weighted by atomic mass is 9.93. The predicted molar refractivity (Wildman–Crippen MR) is 130 cm³/mol. The smallest absolute Gasteiger partial charge is 0.273 e. The highest BCUT2D eigenvalue weighted by Gasteiger charge is 2.42. The van der Waals surface area contributed by atoms with Crippen LogP contribution in [0, 0.1) is 13.8 Å². The Morgan fingerprint density at radius 1 is 1.12 bits per heavy atom. The van der Waals surface area contributed by atoms with E-state index in [1.54, 1.807) is 6.07 Å². The number of fused-ring (bicyclic) bond motifs is 1. The number of carbonyl (C=O) groups excluding carboxylic acids is 1. The number of H-pyrrole nitrogens is 1. The highest BCUT2D eigenvalue weighted by Crippen LogP contribution is 2.46. The lowest BCUT2D eigenvalue weighted by molar-refractivity contribution is 0.0741. The number of aromatic amines is 1. The van der Waals surface area contributed by atoms with E-state index in [1.807, 2.05) is 49.1 Å². The average Bonchev–Trinajstić information content (AvgIpc) is 3.31. The number of hydrogen-bond acceptors (Lipinski definition) is 4. The normalized spacial score (nSPS) is 15.2. The molecule has 174 valence electrons. The van der Waals surface area contributed by atoms with Crippen LogP contribution >= 0.6 is 0 Å².